The van der Waals surface area contributed by atoms with Crippen molar-refractivity contribution in [2.24, 2.45) is 0 Å². The molecule has 116 valence electrons. The average Bonchev–Trinajstić information content (AvgIpc) is 2.81. The maximum Gasteiger partial charge on any atom is 0.328 e. The molecule has 0 saturated carbocycles. The topological polar surface area (TPSA) is 93.1 Å². The van der Waals surface area contributed by atoms with E-state index in [1.165, 1.54) is 11.8 Å². The van der Waals surface area contributed by atoms with E-state index in [1.807, 2.05) is 0 Å². The van der Waals surface area contributed by atoms with Gasteiger partial charge in [0.15, 0.2) is 6.04 Å². The Morgan fingerprint density at radius 1 is 1.50 bits per heavy atom. The predicted octanol–water partition coefficient (Wildman–Crippen LogP) is -0.0539. The van der Waals surface area contributed by atoms with E-state index >= 15 is 0 Å². The van der Waals surface area contributed by atoms with Crippen LogP contribution >= 0.6 is 0 Å². The van der Waals surface area contributed by atoms with Crippen molar-refractivity contribution in [1.82, 2.24) is 15.1 Å². The molecule has 3 atom stereocenters. The minimum Gasteiger partial charge on any atom is -0.480 e. The lowest BCUT2D eigenvalue weighted by molar-refractivity contribution is -0.141. The van der Waals surface area contributed by atoms with Gasteiger partial charge in [0, 0.05) is 19.6 Å². The Bertz CT molecular complexity index is 349. The van der Waals surface area contributed by atoms with Crippen molar-refractivity contribution in [1.29, 1.82) is 0 Å². The highest BCUT2D eigenvalue weighted by Gasteiger charge is 2.29. The minimum atomic E-state index is -1.28. The molecule has 0 spiro atoms. The van der Waals surface area contributed by atoms with Crippen molar-refractivity contribution < 1.29 is 19.8 Å². The van der Waals surface area contributed by atoms with Crippen molar-refractivity contribution in [2.75, 3.05) is 26.7 Å². The molecule has 0 aromatic heterocycles. The van der Waals surface area contributed by atoms with E-state index in [-0.39, 0.29) is 0 Å². The molecule has 1 heterocycles. The van der Waals surface area contributed by atoms with Crippen LogP contribution in [-0.2, 0) is 4.79 Å². The summed E-state index contributed by atoms with van der Waals surface area (Å²) < 4.78 is 0. The fraction of sp³-hybridized carbons (Fsp3) is 0.846. The Morgan fingerprint density at radius 3 is 2.65 bits per heavy atom. The second-order valence-electron chi connectivity index (χ2n) is 5.31. The number of amides is 2. The molecule has 7 heteroatoms. The van der Waals surface area contributed by atoms with Gasteiger partial charge in [-0.25, -0.2) is 9.59 Å². The first-order chi connectivity index (χ1) is 9.36. The number of aliphatic hydroxyl groups excluding tert-OH is 1. The molecule has 1 unspecified atom stereocenters. The Kier molecular flexibility index (Phi) is 6.22. The number of carboxylic acid groups (broad SMARTS) is 1. The minimum absolute atomic E-state index is 0.325. The predicted molar refractivity (Wildman–Crippen MR) is 74.5 cm³/mol. The first-order valence-corrected chi connectivity index (χ1v) is 7.03. The molecule has 0 aromatic carbocycles. The van der Waals surface area contributed by atoms with Crippen molar-refractivity contribution in [3.05, 3.63) is 0 Å². The van der Waals surface area contributed by atoms with E-state index < -0.39 is 24.1 Å². The maximum absolute atomic E-state index is 12.0. The number of aliphatic hydroxyl groups is 1. The Morgan fingerprint density at radius 2 is 2.15 bits per heavy atom. The quantitative estimate of drug-likeness (QED) is 0.637. The summed E-state index contributed by atoms with van der Waals surface area (Å²) in [4.78, 5) is 26.7. The number of aliphatic carboxylic acids is 1. The molecule has 1 fully saturated rings. The van der Waals surface area contributed by atoms with Gasteiger partial charge in [-0.1, -0.05) is 6.92 Å². The first kappa shape index (κ1) is 16.7. The van der Waals surface area contributed by atoms with Crippen molar-refractivity contribution in [3.8, 4) is 0 Å². The van der Waals surface area contributed by atoms with E-state index in [4.69, 9.17) is 5.11 Å². The Hall–Kier alpha value is -1.34. The molecule has 0 aromatic rings. The summed E-state index contributed by atoms with van der Waals surface area (Å²) in [6, 6.07) is -1.43. The highest BCUT2D eigenvalue weighted by atomic mass is 16.4. The van der Waals surface area contributed by atoms with Gasteiger partial charge in [-0.2, -0.15) is 0 Å². The van der Waals surface area contributed by atoms with Gasteiger partial charge in [-0.15, -0.1) is 0 Å². The molecule has 7 nitrogen and oxygen atoms in total. The average molecular weight is 287 g/mol. The smallest absolute Gasteiger partial charge is 0.328 e. The van der Waals surface area contributed by atoms with Crippen LogP contribution in [0.1, 0.15) is 26.7 Å². The van der Waals surface area contributed by atoms with Gasteiger partial charge in [0.25, 0.3) is 0 Å². The SMILES string of the molecule is CCN1CCCC1CN(C)C(=O)N[C@H](C(=O)O)[C@@H](C)O. The van der Waals surface area contributed by atoms with Gasteiger partial charge in [0.2, 0.25) is 0 Å². The van der Waals surface area contributed by atoms with Crippen LogP contribution in [0.3, 0.4) is 0 Å². The van der Waals surface area contributed by atoms with Gasteiger partial charge in [0.1, 0.15) is 0 Å². The number of urea groups is 1. The number of likely N-dealkylation sites (tertiary alicyclic amines) is 1. The summed E-state index contributed by atoms with van der Waals surface area (Å²) in [7, 11) is 1.64. The van der Waals surface area contributed by atoms with Crippen LogP contribution in [0.15, 0.2) is 0 Å². The van der Waals surface area contributed by atoms with Gasteiger partial charge in [-0.3, -0.25) is 4.90 Å². The number of hydrogen-bond acceptors (Lipinski definition) is 4. The lowest BCUT2D eigenvalue weighted by Gasteiger charge is -2.29. The van der Waals surface area contributed by atoms with Crippen LogP contribution in [0.2, 0.25) is 0 Å². The summed E-state index contributed by atoms with van der Waals surface area (Å²) >= 11 is 0. The number of rotatable bonds is 6. The highest BCUT2D eigenvalue weighted by molar-refractivity contribution is 5.82. The van der Waals surface area contributed by atoms with Crippen molar-refractivity contribution in [3.63, 3.8) is 0 Å². The van der Waals surface area contributed by atoms with Crippen molar-refractivity contribution >= 4 is 12.0 Å². The normalized spacial score (nSPS) is 22.3. The molecule has 0 radical (unpaired) electrons. The zero-order chi connectivity index (χ0) is 15.3. The summed E-state index contributed by atoms with van der Waals surface area (Å²) in [6.45, 7) is 5.99. The van der Waals surface area contributed by atoms with Gasteiger partial charge in [0.05, 0.1) is 6.10 Å². The zero-order valence-electron chi connectivity index (χ0n) is 12.4. The van der Waals surface area contributed by atoms with Gasteiger partial charge >= 0.3 is 12.0 Å². The number of hydrogen-bond donors (Lipinski definition) is 3. The second kappa shape index (κ2) is 7.44. The number of carbonyl (C=O) groups is 2. The number of nitrogens with one attached hydrogen (secondary N) is 1. The molecule has 1 rings (SSSR count). The third-order valence-corrected chi connectivity index (χ3v) is 3.76. The van der Waals surface area contributed by atoms with Gasteiger partial charge in [-0.05, 0) is 32.9 Å². The van der Waals surface area contributed by atoms with Crippen LogP contribution in [-0.4, -0.2) is 76.9 Å². The van der Waals surface area contributed by atoms with Crippen LogP contribution in [0, 0.1) is 0 Å². The van der Waals surface area contributed by atoms with Crippen LogP contribution in [0.25, 0.3) is 0 Å². The molecular formula is C13H25N3O4. The Labute approximate surface area is 119 Å². The number of carbonyl (C=O) groups excluding carboxylic acids is 1. The van der Waals surface area contributed by atoms with E-state index in [0.29, 0.717) is 12.6 Å². The van der Waals surface area contributed by atoms with Gasteiger partial charge < -0.3 is 20.4 Å². The molecule has 1 aliphatic rings. The third kappa shape index (κ3) is 4.35. The van der Waals surface area contributed by atoms with E-state index in [9.17, 15) is 14.7 Å². The monoisotopic (exact) mass is 287 g/mol. The van der Waals surface area contributed by atoms with Crippen LogP contribution < -0.4 is 5.32 Å². The fourth-order valence-electron chi connectivity index (χ4n) is 2.55. The molecule has 2 amide bonds. The highest BCUT2D eigenvalue weighted by Crippen LogP contribution is 2.17. The number of carboxylic acids is 1. The van der Waals surface area contributed by atoms with E-state index in [0.717, 1.165) is 25.9 Å². The van der Waals surface area contributed by atoms with Crippen LogP contribution in [0.5, 0.6) is 0 Å². The number of likely N-dealkylation sites (N-methyl/N-ethyl adjacent to an activating group) is 2. The summed E-state index contributed by atoms with van der Waals surface area (Å²) in [5.41, 5.74) is 0. The summed E-state index contributed by atoms with van der Waals surface area (Å²) in [5, 5.41) is 20.6. The van der Waals surface area contributed by atoms with E-state index in [2.05, 4.69) is 17.1 Å². The summed E-state index contributed by atoms with van der Waals surface area (Å²) in [6.07, 6.45) is 1.03. The second-order valence-corrected chi connectivity index (χ2v) is 5.31. The zero-order valence-corrected chi connectivity index (χ0v) is 12.4. The largest absolute Gasteiger partial charge is 0.480 e. The molecule has 0 bridgehead atoms. The standard InChI is InChI=1S/C13H25N3O4/c1-4-16-7-5-6-10(16)8-15(3)13(20)14-11(9(2)17)12(18)19/h9-11,17H,4-8H2,1-3H3,(H,14,20)(H,18,19)/t9-,10?,11+/m1/s1. The Balaban J connectivity index is 2.52. The third-order valence-electron chi connectivity index (χ3n) is 3.76. The molecule has 1 saturated heterocycles. The maximum atomic E-state index is 12.0. The lowest BCUT2D eigenvalue weighted by Crippen LogP contribution is -2.53. The molecule has 0 aliphatic carbocycles. The fourth-order valence-corrected chi connectivity index (χ4v) is 2.55. The molecule has 3 N–H and O–H groups in total. The van der Waals surface area contributed by atoms with Crippen LogP contribution in [0.4, 0.5) is 4.79 Å². The molecule has 1 aliphatic heterocycles. The first-order valence-electron chi connectivity index (χ1n) is 7.03. The number of nitrogens with zero attached hydrogens (tertiary/aromatic N) is 2. The summed E-state index contributed by atoms with van der Waals surface area (Å²) in [5.74, 6) is -1.24. The molecular weight excluding hydrogens is 262 g/mol. The lowest BCUT2D eigenvalue weighted by atomic mass is 10.2. The van der Waals surface area contributed by atoms with Crippen molar-refractivity contribution in [2.45, 2.75) is 44.9 Å². The van der Waals surface area contributed by atoms with E-state index in [1.54, 1.807) is 7.05 Å². The molecule has 20 heavy (non-hydrogen) atoms.